The van der Waals surface area contributed by atoms with Gasteiger partial charge < -0.3 is 5.73 Å². The molecule has 5 nitrogen and oxygen atoms in total. The van der Waals surface area contributed by atoms with Crippen LogP contribution in [0.3, 0.4) is 0 Å². The third-order valence-electron chi connectivity index (χ3n) is 2.90. The van der Waals surface area contributed by atoms with Gasteiger partial charge in [0.2, 0.25) is 0 Å². The quantitative estimate of drug-likeness (QED) is 0.806. The van der Waals surface area contributed by atoms with Crippen molar-refractivity contribution in [2.45, 2.75) is 25.8 Å². The summed E-state index contributed by atoms with van der Waals surface area (Å²) in [4.78, 5) is 16.0. The van der Waals surface area contributed by atoms with Gasteiger partial charge in [-0.2, -0.15) is 0 Å². The van der Waals surface area contributed by atoms with Gasteiger partial charge in [-0.1, -0.05) is 6.42 Å². The van der Waals surface area contributed by atoms with Crippen LogP contribution in [0.2, 0.25) is 0 Å². The third kappa shape index (κ3) is 3.25. The molecule has 1 aliphatic heterocycles. The SMILES string of the molecule is NCc1cc(C(=O)NN2CCCCC2)ccn1. The van der Waals surface area contributed by atoms with E-state index in [1.54, 1.807) is 18.3 Å². The van der Waals surface area contributed by atoms with E-state index in [0.29, 0.717) is 12.1 Å². The summed E-state index contributed by atoms with van der Waals surface area (Å²) in [6.07, 6.45) is 5.15. The Morgan fingerprint density at radius 3 is 2.88 bits per heavy atom. The topological polar surface area (TPSA) is 71.2 Å². The molecule has 1 aromatic heterocycles. The maximum Gasteiger partial charge on any atom is 0.265 e. The molecule has 1 aromatic rings. The Kier molecular flexibility index (Phi) is 4.06. The minimum atomic E-state index is -0.0796. The number of aromatic nitrogens is 1. The number of hydrazine groups is 1. The summed E-state index contributed by atoms with van der Waals surface area (Å²) in [5, 5.41) is 1.98. The maximum absolute atomic E-state index is 12.0. The highest BCUT2D eigenvalue weighted by molar-refractivity contribution is 5.93. The van der Waals surface area contributed by atoms with Crippen molar-refractivity contribution in [1.82, 2.24) is 15.4 Å². The normalized spacial score (nSPS) is 16.8. The highest BCUT2D eigenvalue weighted by Gasteiger charge is 2.14. The smallest absolute Gasteiger partial charge is 0.265 e. The zero-order valence-corrected chi connectivity index (χ0v) is 9.85. The number of amides is 1. The first-order valence-electron chi connectivity index (χ1n) is 6.00. The Hall–Kier alpha value is -1.46. The Morgan fingerprint density at radius 1 is 1.41 bits per heavy atom. The zero-order chi connectivity index (χ0) is 12.1. The summed E-state index contributed by atoms with van der Waals surface area (Å²) < 4.78 is 0. The fourth-order valence-corrected chi connectivity index (χ4v) is 1.94. The molecule has 1 saturated heterocycles. The molecule has 17 heavy (non-hydrogen) atoms. The highest BCUT2D eigenvalue weighted by atomic mass is 16.2. The lowest BCUT2D eigenvalue weighted by Gasteiger charge is -2.26. The van der Waals surface area contributed by atoms with Crippen LogP contribution in [-0.2, 0) is 6.54 Å². The van der Waals surface area contributed by atoms with Gasteiger partial charge in [-0.05, 0) is 25.0 Å². The summed E-state index contributed by atoms with van der Waals surface area (Å²) in [7, 11) is 0. The predicted octanol–water partition coefficient (Wildman–Crippen LogP) is 0.671. The minimum Gasteiger partial charge on any atom is -0.325 e. The van der Waals surface area contributed by atoms with E-state index in [1.165, 1.54) is 6.42 Å². The van der Waals surface area contributed by atoms with E-state index < -0.39 is 0 Å². The Bertz CT molecular complexity index is 388. The molecule has 3 N–H and O–H groups in total. The Balaban J connectivity index is 1.98. The molecule has 1 amide bonds. The summed E-state index contributed by atoms with van der Waals surface area (Å²) in [5.74, 6) is -0.0796. The monoisotopic (exact) mass is 234 g/mol. The van der Waals surface area contributed by atoms with Crippen LogP contribution in [0, 0.1) is 0 Å². The number of hydrogen-bond acceptors (Lipinski definition) is 4. The number of rotatable bonds is 3. The van der Waals surface area contributed by atoms with Crippen LogP contribution in [0.1, 0.15) is 35.3 Å². The van der Waals surface area contributed by atoms with Crippen LogP contribution >= 0.6 is 0 Å². The second-order valence-corrected chi connectivity index (χ2v) is 4.23. The first-order valence-corrected chi connectivity index (χ1v) is 6.00. The average Bonchev–Trinajstić information content (AvgIpc) is 2.40. The van der Waals surface area contributed by atoms with Crippen LogP contribution in [0.5, 0.6) is 0 Å². The summed E-state index contributed by atoms with van der Waals surface area (Å²) >= 11 is 0. The summed E-state index contributed by atoms with van der Waals surface area (Å²) in [6.45, 7) is 2.21. The van der Waals surface area contributed by atoms with Crippen LogP contribution < -0.4 is 11.2 Å². The van der Waals surface area contributed by atoms with E-state index in [2.05, 4.69) is 10.4 Å². The summed E-state index contributed by atoms with van der Waals surface area (Å²) in [6, 6.07) is 3.44. The van der Waals surface area contributed by atoms with E-state index in [0.717, 1.165) is 31.6 Å². The van der Waals surface area contributed by atoms with Crippen molar-refractivity contribution >= 4 is 5.91 Å². The molecule has 92 valence electrons. The van der Waals surface area contributed by atoms with Crippen molar-refractivity contribution in [3.05, 3.63) is 29.6 Å². The third-order valence-corrected chi connectivity index (χ3v) is 2.90. The number of carbonyl (C=O) groups is 1. The number of nitrogens with two attached hydrogens (primary N) is 1. The molecule has 0 bridgehead atoms. The van der Waals surface area contributed by atoms with E-state index >= 15 is 0 Å². The second-order valence-electron chi connectivity index (χ2n) is 4.23. The van der Waals surface area contributed by atoms with Crippen LogP contribution in [0.4, 0.5) is 0 Å². The maximum atomic E-state index is 12.0. The molecule has 5 heteroatoms. The van der Waals surface area contributed by atoms with Gasteiger partial charge in [-0.15, -0.1) is 0 Å². The van der Waals surface area contributed by atoms with Gasteiger partial charge >= 0.3 is 0 Å². The molecular formula is C12H18N4O. The molecule has 2 rings (SSSR count). The van der Waals surface area contributed by atoms with Gasteiger partial charge in [0.15, 0.2) is 0 Å². The van der Waals surface area contributed by atoms with E-state index in [4.69, 9.17) is 5.73 Å². The van der Waals surface area contributed by atoms with Crippen LogP contribution in [0.15, 0.2) is 18.3 Å². The van der Waals surface area contributed by atoms with Gasteiger partial charge in [-0.3, -0.25) is 15.2 Å². The predicted molar refractivity (Wildman–Crippen MR) is 65.0 cm³/mol. The van der Waals surface area contributed by atoms with Crippen LogP contribution in [-0.4, -0.2) is 29.0 Å². The average molecular weight is 234 g/mol. The van der Waals surface area contributed by atoms with Gasteiger partial charge in [0.25, 0.3) is 5.91 Å². The van der Waals surface area contributed by atoms with Gasteiger partial charge in [-0.25, -0.2) is 5.01 Å². The minimum absolute atomic E-state index is 0.0796. The number of hydrogen-bond donors (Lipinski definition) is 2. The second kappa shape index (κ2) is 5.75. The zero-order valence-electron chi connectivity index (χ0n) is 9.85. The lowest BCUT2D eigenvalue weighted by molar-refractivity contribution is 0.0750. The largest absolute Gasteiger partial charge is 0.325 e. The molecule has 2 heterocycles. The van der Waals surface area contributed by atoms with E-state index in [1.807, 2.05) is 5.01 Å². The molecule has 0 aromatic carbocycles. The Morgan fingerprint density at radius 2 is 2.18 bits per heavy atom. The highest BCUT2D eigenvalue weighted by Crippen LogP contribution is 2.07. The number of nitrogens with zero attached hydrogens (tertiary/aromatic N) is 2. The molecule has 0 radical (unpaired) electrons. The molecule has 0 unspecified atom stereocenters. The lowest BCUT2D eigenvalue weighted by Crippen LogP contribution is -2.45. The Labute approximate surface area is 101 Å². The summed E-state index contributed by atoms with van der Waals surface area (Å²) in [5.41, 5.74) is 9.76. The van der Waals surface area contributed by atoms with Crippen molar-refractivity contribution < 1.29 is 4.79 Å². The number of pyridine rings is 1. The van der Waals surface area contributed by atoms with Crippen molar-refractivity contribution in [2.75, 3.05) is 13.1 Å². The molecule has 0 saturated carbocycles. The van der Waals surface area contributed by atoms with Crippen molar-refractivity contribution in [2.24, 2.45) is 5.73 Å². The first kappa shape index (κ1) is 12.0. The molecule has 1 fully saturated rings. The van der Waals surface area contributed by atoms with Gasteiger partial charge in [0.1, 0.15) is 0 Å². The fourth-order valence-electron chi connectivity index (χ4n) is 1.94. The van der Waals surface area contributed by atoms with E-state index in [-0.39, 0.29) is 5.91 Å². The van der Waals surface area contributed by atoms with Crippen molar-refractivity contribution in [1.29, 1.82) is 0 Å². The molecule has 0 spiro atoms. The van der Waals surface area contributed by atoms with Crippen LogP contribution in [0.25, 0.3) is 0 Å². The lowest BCUT2D eigenvalue weighted by atomic mass is 10.1. The molecule has 0 atom stereocenters. The van der Waals surface area contributed by atoms with Crippen molar-refractivity contribution in [3.63, 3.8) is 0 Å². The number of carbonyl (C=O) groups excluding carboxylic acids is 1. The van der Waals surface area contributed by atoms with E-state index in [9.17, 15) is 4.79 Å². The van der Waals surface area contributed by atoms with Gasteiger partial charge in [0.05, 0.1) is 5.69 Å². The van der Waals surface area contributed by atoms with Gasteiger partial charge in [0, 0.05) is 31.4 Å². The standard InChI is InChI=1S/C12H18N4O/c13-9-11-8-10(4-5-14-11)12(17)15-16-6-2-1-3-7-16/h4-5,8H,1-3,6-7,9,13H2,(H,15,17). The molecule has 1 aliphatic rings. The number of nitrogens with one attached hydrogen (secondary N) is 1. The molecule has 0 aliphatic carbocycles. The van der Waals surface area contributed by atoms with Crippen molar-refractivity contribution in [3.8, 4) is 0 Å². The first-order chi connectivity index (χ1) is 8.29. The number of piperidine rings is 1. The fraction of sp³-hybridized carbons (Fsp3) is 0.500. The molecular weight excluding hydrogens is 216 g/mol.